The number of likely N-dealkylation sites (tertiary alicyclic amines) is 2. The van der Waals surface area contributed by atoms with Crippen molar-refractivity contribution >= 4 is 11.9 Å². The fourth-order valence-electron chi connectivity index (χ4n) is 4.62. The SMILES string of the molecule is Cc1cc(F)cc([C@@H](C(=O)O)N2CCC(C(N)=O)(N3CCCCC3)CC2)c1. The molecule has 2 aliphatic rings. The molecule has 0 unspecified atom stereocenters. The number of halogens is 1. The van der Waals surface area contributed by atoms with E-state index in [0.717, 1.165) is 32.4 Å². The lowest BCUT2D eigenvalue weighted by Gasteiger charge is -2.49. The van der Waals surface area contributed by atoms with Gasteiger partial charge in [0, 0.05) is 13.1 Å². The molecule has 0 spiro atoms. The second-order valence-corrected chi connectivity index (χ2v) is 7.78. The maximum atomic E-state index is 13.8. The van der Waals surface area contributed by atoms with E-state index in [9.17, 15) is 19.1 Å². The van der Waals surface area contributed by atoms with Crippen LogP contribution in [-0.4, -0.2) is 58.5 Å². The van der Waals surface area contributed by atoms with Gasteiger partial charge in [-0.1, -0.05) is 12.5 Å². The van der Waals surface area contributed by atoms with Crippen LogP contribution in [0.25, 0.3) is 0 Å². The van der Waals surface area contributed by atoms with E-state index < -0.39 is 23.4 Å². The molecular formula is C20H28FN3O3. The monoisotopic (exact) mass is 377 g/mol. The lowest BCUT2D eigenvalue weighted by molar-refractivity contribution is -0.146. The second-order valence-electron chi connectivity index (χ2n) is 7.78. The van der Waals surface area contributed by atoms with Gasteiger partial charge in [-0.3, -0.25) is 19.4 Å². The Kier molecular flexibility index (Phi) is 5.81. The molecule has 0 aromatic heterocycles. The summed E-state index contributed by atoms with van der Waals surface area (Å²) in [6, 6.07) is 3.45. The summed E-state index contributed by atoms with van der Waals surface area (Å²) in [7, 11) is 0. The minimum Gasteiger partial charge on any atom is -0.480 e. The normalized spacial score (nSPS) is 22.3. The van der Waals surface area contributed by atoms with Gasteiger partial charge in [0.1, 0.15) is 17.4 Å². The number of hydrogen-bond donors (Lipinski definition) is 2. The van der Waals surface area contributed by atoms with Crippen molar-refractivity contribution in [2.75, 3.05) is 26.2 Å². The summed E-state index contributed by atoms with van der Waals surface area (Å²) in [4.78, 5) is 28.3. The van der Waals surface area contributed by atoms with Crippen molar-refractivity contribution in [3.63, 3.8) is 0 Å². The van der Waals surface area contributed by atoms with Crippen LogP contribution in [0.1, 0.15) is 49.3 Å². The highest BCUT2D eigenvalue weighted by Gasteiger charge is 2.46. The molecule has 2 heterocycles. The topological polar surface area (TPSA) is 86.9 Å². The van der Waals surface area contributed by atoms with E-state index >= 15 is 0 Å². The number of carbonyl (C=O) groups excluding carboxylic acids is 1. The highest BCUT2D eigenvalue weighted by molar-refractivity contribution is 5.85. The van der Waals surface area contributed by atoms with Gasteiger partial charge >= 0.3 is 5.97 Å². The van der Waals surface area contributed by atoms with Gasteiger partial charge in [-0.05, 0) is 69.0 Å². The molecule has 1 atom stereocenters. The predicted octanol–water partition coefficient (Wildman–Crippen LogP) is 2.07. The Bertz CT molecular complexity index is 690. The number of aryl methyl sites for hydroxylation is 1. The molecular weight excluding hydrogens is 349 g/mol. The summed E-state index contributed by atoms with van der Waals surface area (Å²) in [6.45, 7) is 4.33. The van der Waals surface area contributed by atoms with Gasteiger partial charge in [0.05, 0.1) is 0 Å². The highest BCUT2D eigenvalue weighted by Crippen LogP contribution is 2.35. The first kappa shape index (κ1) is 19.8. The molecule has 3 rings (SSSR count). The van der Waals surface area contributed by atoms with E-state index in [0.29, 0.717) is 37.1 Å². The quantitative estimate of drug-likeness (QED) is 0.820. The zero-order chi connectivity index (χ0) is 19.6. The van der Waals surface area contributed by atoms with Gasteiger partial charge in [0.25, 0.3) is 0 Å². The number of rotatable bonds is 5. The summed E-state index contributed by atoms with van der Waals surface area (Å²) in [6.07, 6.45) is 4.27. The Balaban J connectivity index is 1.80. The van der Waals surface area contributed by atoms with Crippen molar-refractivity contribution in [2.45, 2.75) is 50.6 Å². The molecule has 0 radical (unpaired) electrons. The fourth-order valence-corrected chi connectivity index (χ4v) is 4.62. The minimum absolute atomic E-state index is 0.322. The summed E-state index contributed by atoms with van der Waals surface area (Å²) < 4.78 is 13.8. The van der Waals surface area contributed by atoms with E-state index in [4.69, 9.17) is 5.73 Å². The molecule has 2 fully saturated rings. The second kappa shape index (κ2) is 7.94. The van der Waals surface area contributed by atoms with E-state index in [-0.39, 0.29) is 5.91 Å². The van der Waals surface area contributed by atoms with Crippen molar-refractivity contribution < 1.29 is 19.1 Å². The van der Waals surface area contributed by atoms with Crippen molar-refractivity contribution in [3.05, 3.63) is 35.1 Å². The molecule has 148 valence electrons. The van der Waals surface area contributed by atoms with Crippen LogP contribution < -0.4 is 5.73 Å². The molecule has 27 heavy (non-hydrogen) atoms. The van der Waals surface area contributed by atoms with Crippen LogP contribution in [-0.2, 0) is 9.59 Å². The third-order valence-corrected chi connectivity index (χ3v) is 6.02. The summed E-state index contributed by atoms with van der Waals surface area (Å²) in [5, 5.41) is 9.78. The molecule has 7 heteroatoms. The first-order chi connectivity index (χ1) is 12.8. The van der Waals surface area contributed by atoms with Gasteiger partial charge in [-0.2, -0.15) is 0 Å². The average molecular weight is 377 g/mol. The smallest absolute Gasteiger partial charge is 0.325 e. The molecule has 1 aromatic rings. The number of piperidine rings is 2. The summed E-state index contributed by atoms with van der Waals surface area (Å²) >= 11 is 0. The van der Waals surface area contributed by atoms with Crippen molar-refractivity contribution in [1.29, 1.82) is 0 Å². The number of aliphatic carboxylic acids is 1. The van der Waals surface area contributed by atoms with Crippen molar-refractivity contribution in [2.24, 2.45) is 5.73 Å². The first-order valence-electron chi connectivity index (χ1n) is 9.62. The molecule has 3 N–H and O–H groups in total. The van der Waals surface area contributed by atoms with E-state index in [1.165, 1.54) is 12.1 Å². The number of amides is 1. The lowest BCUT2D eigenvalue weighted by Crippen LogP contribution is -2.63. The van der Waals surface area contributed by atoms with Crippen LogP contribution in [0.15, 0.2) is 18.2 Å². The summed E-state index contributed by atoms with van der Waals surface area (Å²) in [5.74, 6) is -1.77. The molecule has 2 saturated heterocycles. The number of carboxylic acids is 1. The Hall–Kier alpha value is -1.99. The number of hydrogen-bond acceptors (Lipinski definition) is 4. The van der Waals surface area contributed by atoms with Crippen LogP contribution >= 0.6 is 0 Å². The van der Waals surface area contributed by atoms with Crippen LogP contribution in [0.5, 0.6) is 0 Å². The molecule has 0 saturated carbocycles. The first-order valence-corrected chi connectivity index (χ1v) is 9.62. The fraction of sp³-hybridized carbons (Fsp3) is 0.600. The molecule has 2 aliphatic heterocycles. The number of benzene rings is 1. The highest BCUT2D eigenvalue weighted by atomic mass is 19.1. The number of carbonyl (C=O) groups is 2. The standard InChI is InChI=1S/C20H28FN3O3/c1-14-11-15(13-16(21)12-14)17(18(25)26)23-9-5-20(6-10-23,19(22)27)24-7-3-2-4-8-24/h11-13,17H,2-10H2,1H3,(H2,22,27)(H,25,26)/t17-/m0/s1. The maximum absolute atomic E-state index is 13.8. The Morgan fingerprint density at radius 1 is 1.11 bits per heavy atom. The van der Waals surface area contributed by atoms with Crippen molar-refractivity contribution in [1.82, 2.24) is 9.80 Å². The molecule has 1 aromatic carbocycles. The molecule has 0 bridgehead atoms. The lowest BCUT2D eigenvalue weighted by atomic mass is 9.82. The minimum atomic E-state index is -1.01. The van der Waals surface area contributed by atoms with E-state index in [2.05, 4.69) is 4.90 Å². The largest absolute Gasteiger partial charge is 0.480 e. The average Bonchev–Trinajstić information content (AvgIpc) is 2.62. The third kappa shape index (κ3) is 3.99. The summed E-state index contributed by atoms with van der Waals surface area (Å²) in [5.41, 5.74) is 6.23. The van der Waals surface area contributed by atoms with Gasteiger partial charge in [-0.25, -0.2) is 4.39 Å². The van der Waals surface area contributed by atoms with E-state index in [1.807, 2.05) is 4.90 Å². The number of carboxylic acid groups (broad SMARTS) is 1. The third-order valence-electron chi connectivity index (χ3n) is 6.02. The number of primary amides is 1. The zero-order valence-electron chi connectivity index (χ0n) is 15.8. The van der Waals surface area contributed by atoms with Gasteiger partial charge in [-0.15, -0.1) is 0 Å². The predicted molar refractivity (Wildman–Crippen MR) is 99.7 cm³/mol. The van der Waals surface area contributed by atoms with Crippen LogP contribution in [0.3, 0.4) is 0 Å². The van der Waals surface area contributed by atoms with Crippen LogP contribution in [0.2, 0.25) is 0 Å². The van der Waals surface area contributed by atoms with Gasteiger partial charge in [0.15, 0.2) is 0 Å². The maximum Gasteiger partial charge on any atom is 0.325 e. The van der Waals surface area contributed by atoms with Crippen LogP contribution in [0, 0.1) is 12.7 Å². The Morgan fingerprint density at radius 2 is 1.74 bits per heavy atom. The van der Waals surface area contributed by atoms with Gasteiger partial charge < -0.3 is 10.8 Å². The Labute approximate surface area is 159 Å². The Morgan fingerprint density at radius 3 is 2.26 bits per heavy atom. The van der Waals surface area contributed by atoms with Crippen LogP contribution in [0.4, 0.5) is 4.39 Å². The van der Waals surface area contributed by atoms with Gasteiger partial charge in [0.2, 0.25) is 5.91 Å². The molecule has 1 amide bonds. The van der Waals surface area contributed by atoms with E-state index in [1.54, 1.807) is 13.0 Å². The molecule has 6 nitrogen and oxygen atoms in total. The molecule has 0 aliphatic carbocycles. The van der Waals surface area contributed by atoms with Crippen molar-refractivity contribution in [3.8, 4) is 0 Å². The number of nitrogens with two attached hydrogens (primary N) is 1. The zero-order valence-corrected chi connectivity index (χ0v) is 15.8. The number of nitrogens with zero attached hydrogens (tertiary/aromatic N) is 2.